The van der Waals surface area contributed by atoms with Gasteiger partial charge in [-0.2, -0.15) is 0 Å². The van der Waals surface area contributed by atoms with E-state index in [4.69, 9.17) is 16.3 Å². The summed E-state index contributed by atoms with van der Waals surface area (Å²) >= 11 is 5.93. The molecule has 0 aliphatic heterocycles. The minimum Gasteiger partial charge on any atom is -0.496 e. The van der Waals surface area contributed by atoms with Gasteiger partial charge in [0, 0.05) is 10.4 Å². The molecular formula is C13H11ClO3. The second kappa shape index (κ2) is 4.63. The molecule has 17 heavy (non-hydrogen) atoms. The molecule has 4 heteroatoms. The predicted molar refractivity (Wildman–Crippen MR) is 66.8 cm³/mol. The zero-order valence-corrected chi connectivity index (χ0v) is 10.2. The van der Waals surface area contributed by atoms with Gasteiger partial charge in [-0.3, -0.25) is 0 Å². The largest absolute Gasteiger partial charge is 0.496 e. The van der Waals surface area contributed by atoms with Gasteiger partial charge in [-0.1, -0.05) is 17.7 Å². The van der Waals surface area contributed by atoms with E-state index in [0.717, 1.165) is 10.8 Å². The van der Waals surface area contributed by atoms with Crippen LogP contribution in [-0.2, 0) is 4.74 Å². The van der Waals surface area contributed by atoms with Crippen molar-refractivity contribution >= 4 is 28.3 Å². The lowest BCUT2D eigenvalue weighted by Gasteiger charge is -2.08. The smallest absolute Gasteiger partial charge is 0.338 e. The average molecular weight is 251 g/mol. The number of hydrogen-bond acceptors (Lipinski definition) is 3. The Labute approximate surface area is 104 Å². The van der Waals surface area contributed by atoms with E-state index in [-0.39, 0.29) is 5.97 Å². The normalized spacial score (nSPS) is 10.3. The van der Waals surface area contributed by atoms with Crippen LogP contribution < -0.4 is 4.74 Å². The SMILES string of the molecule is COC(=O)c1cc(OC)c2cc(Cl)ccc2c1. The molecule has 0 heterocycles. The quantitative estimate of drug-likeness (QED) is 0.768. The maximum Gasteiger partial charge on any atom is 0.338 e. The van der Waals surface area contributed by atoms with Crippen LogP contribution in [0.5, 0.6) is 5.75 Å². The number of rotatable bonds is 2. The van der Waals surface area contributed by atoms with Crippen molar-refractivity contribution in [2.75, 3.05) is 14.2 Å². The number of esters is 1. The lowest BCUT2D eigenvalue weighted by molar-refractivity contribution is 0.0600. The molecule has 0 saturated carbocycles. The van der Waals surface area contributed by atoms with Gasteiger partial charge in [-0.05, 0) is 29.7 Å². The fraction of sp³-hybridized carbons (Fsp3) is 0.154. The number of benzene rings is 2. The first-order chi connectivity index (χ1) is 8.15. The highest BCUT2D eigenvalue weighted by atomic mass is 35.5. The molecule has 0 amide bonds. The standard InChI is InChI=1S/C13H11ClO3/c1-16-12-6-9(13(15)17-2)5-8-3-4-10(14)7-11(8)12/h3-7H,1-2H3. The van der Waals surface area contributed by atoms with Crippen LogP contribution in [0.2, 0.25) is 5.02 Å². The van der Waals surface area contributed by atoms with Crippen LogP contribution in [0.15, 0.2) is 30.3 Å². The summed E-state index contributed by atoms with van der Waals surface area (Å²) in [6.45, 7) is 0. The molecular weight excluding hydrogens is 240 g/mol. The van der Waals surface area contributed by atoms with Crippen molar-refractivity contribution in [2.24, 2.45) is 0 Å². The highest BCUT2D eigenvalue weighted by molar-refractivity contribution is 6.31. The maximum atomic E-state index is 11.5. The van der Waals surface area contributed by atoms with Crippen LogP contribution in [0.25, 0.3) is 10.8 Å². The molecule has 0 aromatic heterocycles. The molecule has 0 saturated heterocycles. The van der Waals surface area contributed by atoms with Gasteiger partial charge in [0.2, 0.25) is 0 Å². The summed E-state index contributed by atoms with van der Waals surface area (Å²) in [4.78, 5) is 11.5. The second-order valence-corrected chi connectivity index (χ2v) is 3.97. The topological polar surface area (TPSA) is 35.5 Å². The van der Waals surface area contributed by atoms with Crippen molar-refractivity contribution in [1.29, 1.82) is 0 Å². The summed E-state index contributed by atoms with van der Waals surface area (Å²) in [7, 11) is 2.90. The summed E-state index contributed by atoms with van der Waals surface area (Å²) in [5.41, 5.74) is 0.458. The molecule has 0 fully saturated rings. The van der Waals surface area contributed by atoms with Crippen molar-refractivity contribution in [3.05, 3.63) is 40.9 Å². The molecule has 3 nitrogen and oxygen atoms in total. The number of methoxy groups -OCH3 is 2. The van der Waals surface area contributed by atoms with Crippen LogP contribution in [0.3, 0.4) is 0 Å². The Morgan fingerprint density at radius 3 is 2.59 bits per heavy atom. The second-order valence-electron chi connectivity index (χ2n) is 3.54. The zero-order valence-electron chi connectivity index (χ0n) is 9.49. The van der Waals surface area contributed by atoms with E-state index in [2.05, 4.69) is 4.74 Å². The molecule has 0 atom stereocenters. The van der Waals surface area contributed by atoms with E-state index in [9.17, 15) is 4.79 Å². The van der Waals surface area contributed by atoms with Gasteiger partial charge < -0.3 is 9.47 Å². The fourth-order valence-corrected chi connectivity index (χ4v) is 1.87. The van der Waals surface area contributed by atoms with Gasteiger partial charge in [0.05, 0.1) is 19.8 Å². The summed E-state index contributed by atoms with van der Waals surface area (Å²) in [6.07, 6.45) is 0. The first kappa shape index (κ1) is 11.7. The van der Waals surface area contributed by atoms with Crippen molar-refractivity contribution in [2.45, 2.75) is 0 Å². The van der Waals surface area contributed by atoms with E-state index in [0.29, 0.717) is 16.3 Å². The summed E-state index contributed by atoms with van der Waals surface area (Å²) < 4.78 is 9.94. The number of ether oxygens (including phenoxy) is 2. The lowest BCUT2D eigenvalue weighted by Crippen LogP contribution is -2.01. The van der Waals surface area contributed by atoms with Gasteiger partial charge >= 0.3 is 5.97 Å². The lowest BCUT2D eigenvalue weighted by atomic mass is 10.1. The molecule has 0 spiro atoms. The summed E-state index contributed by atoms with van der Waals surface area (Å²) in [5.74, 6) is 0.213. The number of carbonyl (C=O) groups excluding carboxylic acids is 1. The van der Waals surface area contributed by atoms with Crippen molar-refractivity contribution in [3.63, 3.8) is 0 Å². The van der Waals surface area contributed by atoms with Crippen molar-refractivity contribution in [3.8, 4) is 5.75 Å². The minimum absolute atomic E-state index is 0.389. The van der Waals surface area contributed by atoms with E-state index < -0.39 is 0 Å². The van der Waals surface area contributed by atoms with Gasteiger partial charge in [-0.15, -0.1) is 0 Å². The molecule has 0 radical (unpaired) electrons. The van der Waals surface area contributed by atoms with E-state index >= 15 is 0 Å². The third kappa shape index (κ3) is 2.19. The molecule has 2 rings (SSSR count). The molecule has 0 aliphatic rings. The Bertz CT molecular complexity index is 578. The molecule has 0 aliphatic carbocycles. The average Bonchev–Trinajstić information content (AvgIpc) is 2.36. The highest BCUT2D eigenvalue weighted by Gasteiger charge is 2.11. The van der Waals surface area contributed by atoms with Crippen molar-refractivity contribution in [1.82, 2.24) is 0 Å². The number of hydrogen-bond donors (Lipinski definition) is 0. The summed E-state index contributed by atoms with van der Waals surface area (Å²) in [5, 5.41) is 2.38. The maximum absolute atomic E-state index is 11.5. The molecule has 2 aromatic rings. The highest BCUT2D eigenvalue weighted by Crippen LogP contribution is 2.30. The van der Waals surface area contributed by atoms with Gasteiger partial charge in [0.25, 0.3) is 0 Å². The Hall–Kier alpha value is -1.74. The fourth-order valence-electron chi connectivity index (χ4n) is 1.70. The minimum atomic E-state index is -0.389. The molecule has 0 bridgehead atoms. The first-order valence-electron chi connectivity index (χ1n) is 5.01. The molecule has 88 valence electrons. The Kier molecular flexibility index (Phi) is 3.20. The van der Waals surface area contributed by atoms with Gasteiger partial charge in [0.15, 0.2) is 0 Å². The zero-order chi connectivity index (χ0) is 12.4. The van der Waals surface area contributed by atoms with Gasteiger partial charge in [0.1, 0.15) is 5.75 Å². The predicted octanol–water partition coefficient (Wildman–Crippen LogP) is 3.29. The number of halogens is 1. The molecule has 0 unspecified atom stereocenters. The first-order valence-corrected chi connectivity index (χ1v) is 5.39. The third-order valence-electron chi connectivity index (χ3n) is 2.52. The number of fused-ring (bicyclic) bond motifs is 1. The Morgan fingerprint density at radius 1 is 1.18 bits per heavy atom. The van der Waals surface area contributed by atoms with Crippen LogP contribution in [-0.4, -0.2) is 20.2 Å². The van der Waals surface area contributed by atoms with Crippen LogP contribution in [0.4, 0.5) is 0 Å². The van der Waals surface area contributed by atoms with E-state index in [1.807, 2.05) is 6.07 Å². The number of carbonyl (C=O) groups is 1. The third-order valence-corrected chi connectivity index (χ3v) is 2.75. The van der Waals surface area contributed by atoms with E-state index in [1.54, 1.807) is 31.4 Å². The Balaban J connectivity index is 2.70. The van der Waals surface area contributed by atoms with E-state index in [1.165, 1.54) is 7.11 Å². The Morgan fingerprint density at radius 2 is 1.94 bits per heavy atom. The molecule has 0 N–H and O–H groups in total. The van der Waals surface area contributed by atoms with Crippen LogP contribution >= 0.6 is 11.6 Å². The monoisotopic (exact) mass is 250 g/mol. The molecule has 2 aromatic carbocycles. The van der Waals surface area contributed by atoms with Gasteiger partial charge in [-0.25, -0.2) is 4.79 Å². The van der Waals surface area contributed by atoms with Crippen LogP contribution in [0.1, 0.15) is 10.4 Å². The van der Waals surface area contributed by atoms with Crippen molar-refractivity contribution < 1.29 is 14.3 Å². The summed E-state index contributed by atoms with van der Waals surface area (Å²) in [6, 6.07) is 8.80. The van der Waals surface area contributed by atoms with Crippen LogP contribution in [0, 0.1) is 0 Å².